The van der Waals surface area contributed by atoms with Gasteiger partial charge in [0, 0.05) is 12.1 Å². The van der Waals surface area contributed by atoms with Gasteiger partial charge in [0.2, 0.25) is 0 Å². The average molecular weight is 255 g/mol. The van der Waals surface area contributed by atoms with E-state index in [1.807, 2.05) is 11.9 Å². The second-order valence-corrected chi connectivity index (χ2v) is 5.18. The van der Waals surface area contributed by atoms with Gasteiger partial charge >= 0.3 is 0 Å². The molecule has 18 heavy (non-hydrogen) atoms. The van der Waals surface area contributed by atoms with Crippen LogP contribution in [0.15, 0.2) is 18.2 Å². The van der Waals surface area contributed by atoms with Crippen LogP contribution in [0.4, 0.5) is 8.78 Å². The molecule has 2 rings (SSSR count). The molecule has 1 atom stereocenters. The van der Waals surface area contributed by atoms with E-state index >= 15 is 0 Å². The molecule has 0 radical (unpaired) electrons. The molecule has 0 bridgehead atoms. The summed E-state index contributed by atoms with van der Waals surface area (Å²) in [7, 11) is 1.89. The summed E-state index contributed by atoms with van der Waals surface area (Å²) in [5.74, 6) is -0.249. The van der Waals surface area contributed by atoms with Crippen molar-refractivity contribution in [3.05, 3.63) is 35.4 Å². The molecule has 2 nitrogen and oxygen atoms in total. The number of hydrogen-bond acceptors (Lipinski definition) is 2. The molecule has 0 saturated heterocycles. The molecule has 1 aliphatic rings. The van der Waals surface area contributed by atoms with Gasteiger partial charge in [0.1, 0.15) is 11.6 Å². The molecule has 1 aromatic carbocycles. The van der Waals surface area contributed by atoms with Crippen LogP contribution in [0.25, 0.3) is 0 Å². The van der Waals surface area contributed by atoms with E-state index in [4.69, 9.17) is 0 Å². The van der Waals surface area contributed by atoms with Crippen LogP contribution in [0.5, 0.6) is 0 Å². The highest BCUT2D eigenvalue weighted by Gasteiger charge is 2.22. The van der Waals surface area contributed by atoms with E-state index in [1.54, 1.807) is 0 Å². The lowest BCUT2D eigenvalue weighted by Crippen LogP contribution is -2.26. The Kier molecular flexibility index (Phi) is 4.30. The fourth-order valence-corrected chi connectivity index (χ4v) is 2.06. The number of likely N-dealkylation sites (N-methyl/N-ethyl adjacent to an activating group) is 1. The third-order valence-corrected chi connectivity index (χ3v) is 3.42. The maximum Gasteiger partial charge on any atom is 0.129 e. The van der Waals surface area contributed by atoms with Crippen LogP contribution in [0.1, 0.15) is 30.9 Å². The first kappa shape index (κ1) is 13.4. The first-order valence-electron chi connectivity index (χ1n) is 6.38. The highest BCUT2D eigenvalue weighted by atomic mass is 19.1. The fraction of sp³-hybridized carbons (Fsp3) is 0.571. The molecule has 0 spiro atoms. The lowest BCUT2D eigenvalue weighted by Gasteiger charge is -2.21. The Labute approximate surface area is 106 Å². The minimum atomic E-state index is -0.982. The van der Waals surface area contributed by atoms with Gasteiger partial charge in [0.05, 0.1) is 6.10 Å². The smallest absolute Gasteiger partial charge is 0.129 e. The second kappa shape index (κ2) is 5.76. The topological polar surface area (TPSA) is 23.5 Å². The van der Waals surface area contributed by atoms with Gasteiger partial charge in [-0.3, -0.25) is 0 Å². The van der Waals surface area contributed by atoms with Gasteiger partial charge in [0.25, 0.3) is 0 Å². The standard InChI is InChI=1S/C14H19F2NO/c1-17(7-6-10-2-3-10)9-14(18)12-8-11(15)4-5-13(12)16/h4-5,8,10,14,18H,2-3,6-7,9H2,1H3. The van der Waals surface area contributed by atoms with E-state index < -0.39 is 17.7 Å². The van der Waals surface area contributed by atoms with Crippen molar-refractivity contribution in [3.8, 4) is 0 Å². The molecule has 0 heterocycles. The molecule has 0 amide bonds. The fourth-order valence-electron chi connectivity index (χ4n) is 2.06. The third kappa shape index (κ3) is 3.75. The molecule has 1 unspecified atom stereocenters. The summed E-state index contributed by atoms with van der Waals surface area (Å²) in [5.41, 5.74) is 0.0354. The zero-order valence-electron chi connectivity index (χ0n) is 10.6. The zero-order valence-corrected chi connectivity index (χ0v) is 10.6. The monoisotopic (exact) mass is 255 g/mol. The number of halogens is 2. The normalized spacial score (nSPS) is 17.2. The van der Waals surface area contributed by atoms with Crippen LogP contribution >= 0.6 is 0 Å². The molecule has 1 saturated carbocycles. The van der Waals surface area contributed by atoms with E-state index in [0.29, 0.717) is 6.54 Å². The second-order valence-electron chi connectivity index (χ2n) is 5.18. The zero-order chi connectivity index (χ0) is 13.1. The highest BCUT2D eigenvalue weighted by Crippen LogP contribution is 2.32. The van der Waals surface area contributed by atoms with Gasteiger partial charge in [-0.1, -0.05) is 12.8 Å². The van der Waals surface area contributed by atoms with Crippen molar-refractivity contribution in [2.45, 2.75) is 25.4 Å². The van der Waals surface area contributed by atoms with Crippen LogP contribution in [0.3, 0.4) is 0 Å². The Hall–Kier alpha value is -1.00. The van der Waals surface area contributed by atoms with Crippen molar-refractivity contribution >= 4 is 0 Å². The first-order chi connectivity index (χ1) is 8.56. The highest BCUT2D eigenvalue weighted by molar-refractivity contribution is 5.21. The van der Waals surface area contributed by atoms with E-state index in [9.17, 15) is 13.9 Å². The largest absolute Gasteiger partial charge is 0.387 e. The molecule has 1 fully saturated rings. The van der Waals surface area contributed by atoms with Crippen molar-refractivity contribution in [3.63, 3.8) is 0 Å². The van der Waals surface area contributed by atoms with Crippen molar-refractivity contribution < 1.29 is 13.9 Å². The Morgan fingerprint density at radius 1 is 1.39 bits per heavy atom. The Morgan fingerprint density at radius 2 is 2.11 bits per heavy atom. The number of hydrogen-bond donors (Lipinski definition) is 1. The van der Waals surface area contributed by atoms with Crippen molar-refractivity contribution in [1.29, 1.82) is 0 Å². The van der Waals surface area contributed by atoms with Gasteiger partial charge in [-0.2, -0.15) is 0 Å². The summed E-state index contributed by atoms with van der Waals surface area (Å²) in [6, 6.07) is 3.18. The molecular formula is C14H19F2NO. The van der Waals surface area contributed by atoms with Crippen molar-refractivity contribution in [2.75, 3.05) is 20.1 Å². The summed E-state index contributed by atoms with van der Waals surface area (Å²) >= 11 is 0. The number of nitrogens with zero attached hydrogens (tertiary/aromatic N) is 1. The molecule has 0 aliphatic heterocycles. The molecule has 0 aromatic heterocycles. The number of rotatable bonds is 6. The molecule has 1 N–H and O–H groups in total. The summed E-state index contributed by atoms with van der Waals surface area (Å²) in [4.78, 5) is 1.97. The van der Waals surface area contributed by atoms with Gasteiger partial charge in [0.15, 0.2) is 0 Å². The minimum absolute atomic E-state index is 0.0354. The van der Waals surface area contributed by atoms with E-state index in [2.05, 4.69) is 0 Å². The summed E-state index contributed by atoms with van der Waals surface area (Å²) in [6.07, 6.45) is 2.74. The predicted molar refractivity (Wildman–Crippen MR) is 66.2 cm³/mol. The van der Waals surface area contributed by atoms with Gasteiger partial charge < -0.3 is 10.0 Å². The third-order valence-electron chi connectivity index (χ3n) is 3.42. The van der Waals surface area contributed by atoms with Crippen LogP contribution in [0, 0.1) is 17.6 Å². The molecule has 4 heteroatoms. The van der Waals surface area contributed by atoms with Gasteiger partial charge in [-0.05, 0) is 44.1 Å². The molecular weight excluding hydrogens is 236 g/mol. The Balaban J connectivity index is 1.88. The van der Waals surface area contributed by atoms with E-state index in [-0.39, 0.29) is 5.56 Å². The summed E-state index contributed by atoms with van der Waals surface area (Å²) in [5, 5.41) is 9.93. The van der Waals surface area contributed by atoms with Crippen LogP contribution in [-0.2, 0) is 0 Å². The lowest BCUT2D eigenvalue weighted by molar-refractivity contribution is 0.122. The number of aliphatic hydroxyl groups is 1. The van der Waals surface area contributed by atoms with Crippen LogP contribution in [-0.4, -0.2) is 30.1 Å². The van der Waals surface area contributed by atoms with E-state index in [1.165, 1.54) is 12.8 Å². The van der Waals surface area contributed by atoms with Crippen molar-refractivity contribution in [2.24, 2.45) is 5.92 Å². The Bertz CT molecular complexity index is 407. The maximum atomic E-state index is 13.4. The SMILES string of the molecule is CN(CCC1CC1)CC(O)c1cc(F)ccc1F. The maximum absolute atomic E-state index is 13.4. The first-order valence-corrected chi connectivity index (χ1v) is 6.38. The Morgan fingerprint density at radius 3 is 2.78 bits per heavy atom. The average Bonchev–Trinajstić information content (AvgIpc) is 3.13. The summed E-state index contributed by atoms with van der Waals surface area (Å²) < 4.78 is 26.5. The summed E-state index contributed by atoms with van der Waals surface area (Å²) in [6.45, 7) is 1.21. The predicted octanol–water partition coefficient (Wildman–Crippen LogP) is 2.73. The molecule has 1 aliphatic carbocycles. The lowest BCUT2D eigenvalue weighted by atomic mass is 10.1. The van der Waals surface area contributed by atoms with Crippen LogP contribution in [0.2, 0.25) is 0 Å². The number of benzene rings is 1. The molecule has 1 aromatic rings. The van der Waals surface area contributed by atoms with E-state index in [0.717, 1.165) is 37.1 Å². The van der Waals surface area contributed by atoms with Crippen molar-refractivity contribution in [1.82, 2.24) is 4.90 Å². The van der Waals surface area contributed by atoms with Gasteiger partial charge in [-0.25, -0.2) is 8.78 Å². The van der Waals surface area contributed by atoms with Gasteiger partial charge in [-0.15, -0.1) is 0 Å². The van der Waals surface area contributed by atoms with Crippen LogP contribution < -0.4 is 0 Å². The molecule has 100 valence electrons. The quantitative estimate of drug-likeness (QED) is 0.845. The number of aliphatic hydroxyl groups excluding tert-OH is 1. The minimum Gasteiger partial charge on any atom is -0.387 e.